The lowest BCUT2D eigenvalue weighted by Crippen LogP contribution is -2.24. The van der Waals surface area contributed by atoms with E-state index in [1.54, 1.807) is 18.5 Å². The second kappa shape index (κ2) is 7.95. The van der Waals surface area contributed by atoms with Crippen LogP contribution < -0.4 is 5.73 Å². The fourth-order valence-electron chi connectivity index (χ4n) is 3.92. The van der Waals surface area contributed by atoms with Crippen LogP contribution in [0.4, 0.5) is 10.3 Å². The van der Waals surface area contributed by atoms with Gasteiger partial charge in [0, 0.05) is 29.9 Å². The highest BCUT2D eigenvalue weighted by Crippen LogP contribution is 2.38. The van der Waals surface area contributed by atoms with E-state index in [1.807, 2.05) is 32.0 Å². The molecule has 2 N–H and O–H groups in total. The number of hydrogen-bond acceptors (Lipinski definition) is 6. The van der Waals surface area contributed by atoms with E-state index in [4.69, 9.17) is 10.6 Å². The lowest BCUT2D eigenvalue weighted by atomic mass is 9.78. The van der Waals surface area contributed by atoms with Gasteiger partial charge in [0.2, 0.25) is 5.95 Å². The largest absolute Gasteiger partial charge is 0.396 e. The number of nitrogens with two attached hydrogens (primary N) is 1. The molecular formula is C22H22FN5O. The van der Waals surface area contributed by atoms with Crippen molar-refractivity contribution in [2.45, 2.75) is 32.6 Å². The van der Waals surface area contributed by atoms with E-state index in [9.17, 15) is 4.39 Å². The molecule has 0 spiro atoms. The van der Waals surface area contributed by atoms with E-state index < -0.39 is 0 Å². The Morgan fingerprint density at radius 1 is 1.24 bits per heavy atom. The summed E-state index contributed by atoms with van der Waals surface area (Å²) < 4.78 is 14.1. The molecule has 148 valence electrons. The van der Waals surface area contributed by atoms with E-state index in [-0.39, 0.29) is 17.7 Å². The van der Waals surface area contributed by atoms with Gasteiger partial charge >= 0.3 is 0 Å². The van der Waals surface area contributed by atoms with Gasteiger partial charge in [0.25, 0.3) is 0 Å². The number of oxime groups is 1. The van der Waals surface area contributed by atoms with Crippen LogP contribution in [0.5, 0.6) is 0 Å². The minimum Gasteiger partial charge on any atom is -0.396 e. The first-order chi connectivity index (χ1) is 14.1. The van der Waals surface area contributed by atoms with Crippen molar-refractivity contribution in [3.8, 4) is 11.1 Å². The summed E-state index contributed by atoms with van der Waals surface area (Å²) >= 11 is 0. The average molecular weight is 391 g/mol. The third kappa shape index (κ3) is 3.81. The summed E-state index contributed by atoms with van der Waals surface area (Å²) in [6.07, 6.45) is 4.75. The molecule has 1 atom stereocenters. The second-order valence-corrected chi connectivity index (χ2v) is 7.02. The molecule has 1 aromatic carbocycles. The molecule has 2 aromatic heterocycles. The van der Waals surface area contributed by atoms with Crippen molar-refractivity contribution >= 4 is 11.7 Å². The van der Waals surface area contributed by atoms with Gasteiger partial charge in [-0.25, -0.2) is 14.4 Å². The zero-order chi connectivity index (χ0) is 20.4. The summed E-state index contributed by atoms with van der Waals surface area (Å²) in [5, 5.41) is 4.34. The Balaban J connectivity index is 1.83. The van der Waals surface area contributed by atoms with E-state index in [0.29, 0.717) is 19.4 Å². The Morgan fingerprint density at radius 2 is 2.10 bits per heavy atom. The van der Waals surface area contributed by atoms with Gasteiger partial charge in [0.1, 0.15) is 12.4 Å². The molecule has 0 amide bonds. The lowest BCUT2D eigenvalue weighted by Gasteiger charge is -2.28. The summed E-state index contributed by atoms with van der Waals surface area (Å²) in [6.45, 7) is 4.26. The van der Waals surface area contributed by atoms with Gasteiger partial charge in [-0.1, -0.05) is 17.3 Å². The van der Waals surface area contributed by atoms with Crippen molar-refractivity contribution in [2.24, 2.45) is 5.16 Å². The van der Waals surface area contributed by atoms with Gasteiger partial charge in [0.05, 0.1) is 17.1 Å². The van der Waals surface area contributed by atoms with Gasteiger partial charge < -0.3 is 10.6 Å². The van der Waals surface area contributed by atoms with Crippen LogP contribution in [0.3, 0.4) is 0 Å². The monoisotopic (exact) mass is 391 g/mol. The molecule has 1 aliphatic rings. The number of halogens is 1. The third-order valence-electron chi connectivity index (χ3n) is 5.08. The zero-order valence-electron chi connectivity index (χ0n) is 16.4. The topological polar surface area (TPSA) is 86.3 Å². The van der Waals surface area contributed by atoms with Crippen LogP contribution in [0.25, 0.3) is 11.1 Å². The van der Waals surface area contributed by atoms with E-state index >= 15 is 0 Å². The van der Waals surface area contributed by atoms with E-state index in [1.165, 1.54) is 6.07 Å². The molecule has 0 bridgehead atoms. The van der Waals surface area contributed by atoms with Crippen molar-refractivity contribution in [2.75, 3.05) is 12.3 Å². The van der Waals surface area contributed by atoms with E-state index in [2.05, 4.69) is 20.1 Å². The molecule has 0 fully saturated rings. The fourth-order valence-corrected chi connectivity index (χ4v) is 3.92. The number of nitrogen functional groups attached to an aromatic ring is 1. The van der Waals surface area contributed by atoms with Gasteiger partial charge in [-0.05, 0) is 55.5 Å². The molecule has 3 aromatic rings. The van der Waals surface area contributed by atoms with Crippen molar-refractivity contribution in [3.05, 3.63) is 71.1 Å². The maximum atomic E-state index is 14.1. The van der Waals surface area contributed by atoms with Crippen LogP contribution in [0.2, 0.25) is 0 Å². The predicted octanol–water partition coefficient (Wildman–Crippen LogP) is 4.04. The summed E-state index contributed by atoms with van der Waals surface area (Å²) in [5.74, 6) is 0.00453. The quantitative estimate of drug-likeness (QED) is 0.679. The van der Waals surface area contributed by atoms with Crippen LogP contribution in [0, 0.1) is 12.7 Å². The molecule has 0 saturated heterocycles. The normalized spacial score (nSPS) is 17.2. The maximum absolute atomic E-state index is 14.1. The number of aromatic nitrogens is 3. The molecule has 4 rings (SSSR count). The number of anilines is 1. The highest BCUT2D eigenvalue weighted by atomic mass is 19.1. The Bertz CT molecular complexity index is 1070. The molecule has 0 saturated carbocycles. The predicted molar refractivity (Wildman–Crippen MR) is 110 cm³/mol. The van der Waals surface area contributed by atoms with Gasteiger partial charge in [-0.2, -0.15) is 0 Å². The van der Waals surface area contributed by atoms with Crippen molar-refractivity contribution in [1.29, 1.82) is 0 Å². The molecule has 0 radical (unpaired) electrons. The number of nitrogens with zero attached hydrogens (tertiary/aromatic N) is 4. The Morgan fingerprint density at radius 3 is 2.86 bits per heavy atom. The van der Waals surface area contributed by atoms with Gasteiger partial charge in [0.15, 0.2) is 0 Å². The molecule has 29 heavy (non-hydrogen) atoms. The summed E-state index contributed by atoms with van der Waals surface area (Å²) in [6, 6.07) is 8.66. The van der Waals surface area contributed by atoms with Crippen LogP contribution in [-0.4, -0.2) is 27.3 Å². The second-order valence-electron chi connectivity index (χ2n) is 7.02. The van der Waals surface area contributed by atoms with Gasteiger partial charge in [-0.15, -0.1) is 0 Å². The van der Waals surface area contributed by atoms with Crippen LogP contribution in [0.15, 0.2) is 47.9 Å². The first-order valence-corrected chi connectivity index (χ1v) is 9.58. The third-order valence-corrected chi connectivity index (χ3v) is 5.08. The minimum atomic E-state index is -0.283. The van der Waals surface area contributed by atoms with Gasteiger partial charge in [-0.3, -0.25) is 4.98 Å². The van der Waals surface area contributed by atoms with Crippen molar-refractivity contribution in [3.63, 3.8) is 0 Å². The highest BCUT2D eigenvalue weighted by molar-refractivity contribution is 6.03. The van der Waals surface area contributed by atoms with Crippen LogP contribution in [-0.2, 0) is 11.3 Å². The average Bonchev–Trinajstić information content (AvgIpc) is 2.72. The standard InChI is InChI=1S/C22H22FN5O/c1-3-29-28-20-10-15(9-19-21(20)13(2)26-22(24)27-19)17-7-6-16(23)11-18(17)14-5-4-8-25-12-14/h4-8,11-12,15H,3,9-10H2,1-2H3,(H2,24,26,27)/t15-/m0/s1. The van der Waals surface area contributed by atoms with Crippen LogP contribution in [0.1, 0.15) is 41.8 Å². The maximum Gasteiger partial charge on any atom is 0.220 e. The summed E-state index contributed by atoms with van der Waals surface area (Å²) in [7, 11) is 0. The van der Waals surface area contributed by atoms with Crippen LogP contribution >= 0.6 is 0 Å². The molecule has 2 heterocycles. The zero-order valence-corrected chi connectivity index (χ0v) is 16.4. The summed E-state index contributed by atoms with van der Waals surface area (Å²) in [5.41, 5.74) is 11.9. The molecule has 6 nitrogen and oxygen atoms in total. The fraction of sp³-hybridized carbons (Fsp3) is 0.273. The number of fused-ring (bicyclic) bond motifs is 1. The molecule has 1 aliphatic carbocycles. The van der Waals surface area contributed by atoms with E-state index in [0.717, 1.165) is 39.4 Å². The molecule has 0 aliphatic heterocycles. The number of benzene rings is 1. The Kier molecular flexibility index (Phi) is 5.20. The molecule has 7 heteroatoms. The minimum absolute atomic E-state index is 0.0474. The molecular weight excluding hydrogens is 369 g/mol. The summed E-state index contributed by atoms with van der Waals surface area (Å²) in [4.78, 5) is 18.3. The molecule has 0 unspecified atom stereocenters. The van der Waals surface area contributed by atoms with Crippen molar-refractivity contribution < 1.29 is 9.23 Å². The first kappa shape index (κ1) is 19.0. The number of aryl methyl sites for hydroxylation is 1. The highest BCUT2D eigenvalue weighted by Gasteiger charge is 2.30. The number of pyridine rings is 1. The number of rotatable bonds is 4. The number of hydrogen-bond donors (Lipinski definition) is 1. The first-order valence-electron chi connectivity index (χ1n) is 9.58. The lowest BCUT2D eigenvalue weighted by molar-refractivity contribution is 0.158. The van der Waals surface area contributed by atoms with Crippen molar-refractivity contribution in [1.82, 2.24) is 15.0 Å². The smallest absolute Gasteiger partial charge is 0.220 e. The Labute approximate surface area is 168 Å². The SMILES string of the molecule is CCON=C1C[C@@H](c2ccc(F)cc2-c2cccnc2)Cc2nc(N)nc(C)c21. The Hall–Kier alpha value is -3.35.